The molecule has 0 aliphatic heterocycles. The second kappa shape index (κ2) is 8.41. The van der Waals surface area contributed by atoms with E-state index in [-0.39, 0.29) is 39.6 Å². The number of carbonyl (C=O) groups is 2. The molecular weight excluding hydrogens is 440 g/mol. The highest BCUT2D eigenvalue weighted by molar-refractivity contribution is 5.86. The Kier molecular flexibility index (Phi) is 6.33. The summed E-state index contributed by atoms with van der Waals surface area (Å²) in [6, 6.07) is 0. The van der Waals surface area contributed by atoms with Crippen LogP contribution in [0.2, 0.25) is 0 Å². The van der Waals surface area contributed by atoms with E-state index in [1.54, 1.807) is 0 Å². The summed E-state index contributed by atoms with van der Waals surface area (Å²) >= 11 is 0. The van der Waals surface area contributed by atoms with Crippen molar-refractivity contribution in [3.8, 4) is 0 Å². The minimum atomic E-state index is -1.01. The summed E-state index contributed by atoms with van der Waals surface area (Å²) in [6.45, 7) is 14.7. The number of rotatable bonds is 5. The molecule has 0 bridgehead atoms. The van der Waals surface area contributed by atoms with Crippen molar-refractivity contribution in [1.29, 1.82) is 0 Å². The Labute approximate surface area is 210 Å². The number of hydrogen-bond acceptors (Lipinski definition) is 4. The number of aliphatic hydroxyl groups excluding tert-OH is 2. The van der Waals surface area contributed by atoms with Gasteiger partial charge in [0.15, 0.2) is 0 Å². The van der Waals surface area contributed by atoms with Gasteiger partial charge in [-0.2, -0.15) is 0 Å². The van der Waals surface area contributed by atoms with Gasteiger partial charge in [0.2, 0.25) is 0 Å². The first-order chi connectivity index (χ1) is 16.1. The largest absolute Gasteiger partial charge is 0.478 e. The monoisotopic (exact) mass is 484 g/mol. The standard InChI is InChI=1S/C30H44O5/c1-17(14-19(31)15-18(2)26(34)35)22-16-25(33)30(7)21-8-9-23-27(3,4)24(32)11-12-28(23,5)20(21)10-13-29(22,30)6/h8,10,15,17,19,22-23,25,31,33H,9,11-14,16H2,1-7H3,(H,34,35)/t17-,19?,22-,23?,25+,28-,29-,30-/m1/s1. The SMILES string of the molecule is CC(=CC(O)C[C@@H](C)[C@H]1C[C@H](O)[C@@]2(C)C3=CCC4C(C)(C)C(=O)CC[C@]4(C)C3=CC[C@]12C)C(=O)O. The quantitative estimate of drug-likeness (QED) is 0.450. The number of carboxylic acids is 1. The van der Waals surface area contributed by atoms with Crippen molar-refractivity contribution in [2.45, 2.75) is 99.2 Å². The molecule has 8 atom stereocenters. The normalized spacial score (nSPS) is 42.3. The van der Waals surface area contributed by atoms with Gasteiger partial charge in [0.25, 0.3) is 0 Å². The number of ketones is 1. The van der Waals surface area contributed by atoms with Crippen LogP contribution in [0.4, 0.5) is 0 Å². The average molecular weight is 485 g/mol. The Hall–Kier alpha value is -1.72. The van der Waals surface area contributed by atoms with Crippen LogP contribution in [0.3, 0.4) is 0 Å². The van der Waals surface area contributed by atoms with Crippen molar-refractivity contribution in [3.63, 3.8) is 0 Å². The molecule has 35 heavy (non-hydrogen) atoms. The Morgan fingerprint density at radius 2 is 1.83 bits per heavy atom. The molecule has 5 nitrogen and oxygen atoms in total. The molecular formula is C30H44O5. The highest BCUT2D eigenvalue weighted by Crippen LogP contribution is 2.71. The number of aliphatic carboxylic acids is 1. The number of fused-ring (bicyclic) bond motifs is 5. The Morgan fingerprint density at radius 1 is 1.17 bits per heavy atom. The molecule has 0 aromatic heterocycles. The van der Waals surface area contributed by atoms with Gasteiger partial charge in [-0.3, -0.25) is 4.79 Å². The van der Waals surface area contributed by atoms with Crippen molar-refractivity contribution in [2.24, 2.45) is 39.4 Å². The molecule has 2 unspecified atom stereocenters. The highest BCUT2D eigenvalue weighted by atomic mass is 16.4. The van der Waals surface area contributed by atoms with Crippen molar-refractivity contribution in [1.82, 2.24) is 0 Å². The smallest absolute Gasteiger partial charge is 0.331 e. The van der Waals surface area contributed by atoms with Gasteiger partial charge in [-0.15, -0.1) is 0 Å². The van der Waals surface area contributed by atoms with Crippen LogP contribution in [-0.2, 0) is 9.59 Å². The first-order valence-corrected chi connectivity index (χ1v) is 13.3. The minimum absolute atomic E-state index is 0.0649. The van der Waals surface area contributed by atoms with Crippen molar-refractivity contribution in [3.05, 3.63) is 34.9 Å². The number of carbonyl (C=O) groups excluding carboxylic acids is 1. The van der Waals surface area contributed by atoms with Crippen LogP contribution >= 0.6 is 0 Å². The van der Waals surface area contributed by atoms with Gasteiger partial charge in [0, 0.05) is 22.8 Å². The molecule has 2 fully saturated rings. The van der Waals surface area contributed by atoms with Crippen LogP contribution < -0.4 is 0 Å². The van der Waals surface area contributed by atoms with E-state index in [0.717, 1.165) is 19.3 Å². The lowest BCUT2D eigenvalue weighted by Crippen LogP contribution is -2.54. The number of allylic oxidation sites excluding steroid dienone is 3. The van der Waals surface area contributed by atoms with Crippen LogP contribution in [0.15, 0.2) is 34.9 Å². The van der Waals surface area contributed by atoms with Gasteiger partial charge >= 0.3 is 5.97 Å². The molecule has 0 heterocycles. The third kappa shape index (κ3) is 3.63. The predicted molar refractivity (Wildman–Crippen MR) is 137 cm³/mol. The van der Waals surface area contributed by atoms with Crippen molar-refractivity contribution < 1.29 is 24.9 Å². The minimum Gasteiger partial charge on any atom is -0.478 e. The van der Waals surface area contributed by atoms with Gasteiger partial charge in [0.05, 0.1) is 12.2 Å². The molecule has 194 valence electrons. The lowest BCUT2D eigenvalue weighted by molar-refractivity contribution is -0.138. The molecule has 4 aliphatic rings. The Morgan fingerprint density at radius 3 is 2.46 bits per heavy atom. The molecule has 5 heteroatoms. The summed E-state index contributed by atoms with van der Waals surface area (Å²) in [6.07, 6.45) is 9.22. The fraction of sp³-hybridized carbons (Fsp3) is 0.733. The van der Waals surface area contributed by atoms with E-state index in [0.29, 0.717) is 25.0 Å². The summed E-state index contributed by atoms with van der Waals surface area (Å²) < 4.78 is 0. The van der Waals surface area contributed by atoms with E-state index < -0.39 is 23.6 Å². The summed E-state index contributed by atoms with van der Waals surface area (Å²) in [5, 5.41) is 31.3. The lowest BCUT2D eigenvalue weighted by atomic mass is 9.44. The van der Waals surface area contributed by atoms with Gasteiger partial charge in [-0.05, 0) is 84.8 Å². The van der Waals surface area contributed by atoms with E-state index in [1.807, 2.05) is 0 Å². The fourth-order valence-electron chi connectivity index (χ4n) is 8.73. The third-order valence-corrected chi connectivity index (χ3v) is 11.2. The molecule has 4 aliphatic carbocycles. The van der Waals surface area contributed by atoms with E-state index >= 15 is 0 Å². The third-order valence-electron chi connectivity index (χ3n) is 11.2. The second-order valence-electron chi connectivity index (χ2n) is 13.2. The van der Waals surface area contributed by atoms with Gasteiger partial charge in [-0.1, -0.05) is 53.7 Å². The molecule has 0 aromatic carbocycles. The fourth-order valence-corrected chi connectivity index (χ4v) is 8.73. The topological polar surface area (TPSA) is 94.8 Å². The lowest BCUT2D eigenvalue weighted by Gasteiger charge is -2.60. The molecule has 0 amide bonds. The van der Waals surface area contributed by atoms with Crippen LogP contribution in [0, 0.1) is 39.4 Å². The number of hydrogen-bond donors (Lipinski definition) is 3. The predicted octanol–water partition coefficient (Wildman–Crippen LogP) is 5.47. The molecule has 4 rings (SSSR count). The zero-order valence-electron chi connectivity index (χ0n) is 22.5. The zero-order chi connectivity index (χ0) is 26.1. The van der Waals surface area contributed by atoms with Crippen molar-refractivity contribution in [2.75, 3.05) is 0 Å². The number of carboxylic acid groups (broad SMARTS) is 1. The molecule has 0 saturated heterocycles. The maximum atomic E-state index is 12.8. The maximum absolute atomic E-state index is 12.8. The summed E-state index contributed by atoms with van der Waals surface area (Å²) in [4.78, 5) is 24.0. The van der Waals surface area contributed by atoms with E-state index in [1.165, 1.54) is 24.1 Å². The number of aliphatic hydroxyl groups is 2. The van der Waals surface area contributed by atoms with E-state index in [9.17, 15) is 19.8 Å². The summed E-state index contributed by atoms with van der Waals surface area (Å²) in [5.41, 5.74) is 1.80. The molecule has 0 radical (unpaired) electrons. The van der Waals surface area contributed by atoms with Crippen LogP contribution in [-0.4, -0.2) is 39.3 Å². The van der Waals surface area contributed by atoms with Gasteiger partial charge in [0.1, 0.15) is 5.78 Å². The summed E-state index contributed by atoms with van der Waals surface area (Å²) in [5.74, 6) is -0.0554. The molecule has 2 saturated carbocycles. The Bertz CT molecular complexity index is 1020. The number of Topliss-reactive ketones (excluding diaryl/α,β-unsaturated/α-hetero) is 1. The van der Waals surface area contributed by atoms with Crippen molar-refractivity contribution >= 4 is 11.8 Å². The van der Waals surface area contributed by atoms with E-state index in [4.69, 9.17) is 5.11 Å². The molecule has 0 spiro atoms. The molecule has 0 aromatic rings. The Balaban J connectivity index is 1.68. The van der Waals surface area contributed by atoms with Crippen LogP contribution in [0.1, 0.15) is 87.0 Å². The van der Waals surface area contributed by atoms with Gasteiger partial charge in [-0.25, -0.2) is 4.79 Å². The summed E-state index contributed by atoms with van der Waals surface area (Å²) in [7, 11) is 0. The maximum Gasteiger partial charge on any atom is 0.331 e. The first-order valence-electron chi connectivity index (χ1n) is 13.3. The zero-order valence-corrected chi connectivity index (χ0v) is 22.5. The van der Waals surface area contributed by atoms with Gasteiger partial charge < -0.3 is 15.3 Å². The van der Waals surface area contributed by atoms with E-state index in [2.05, 4.69) is 53.7 Å². The average Bonchev–Trinajstić information content (AvgIpc) is 2.98. The van der Waals surface area contributed by atoms with Crippen LogP contribution in [0.5, 0.6) is 0 Å². The second-order valence-corrected chi connectivity index (χ2v) is 13.2. The molecule has 3 N–H and O–H groups in total. The highest BCUT2D eigenvalue weighted by Gasteiger charge is 2.66. The first kappa shape index (κ1) is 26.3. The van der Waals surface area contributed by atoms with Crippen LogP contribution in [0.25, 0.3) is 0 Å².